The van der Waals surface area contributed by atoms with E-state index in [0.29, 0.717) is 12.8 Å². The van der Waals surface area contributed by atoms with Gasteiger partial charge in [0.1, 0.15) is 11.4 Å². The fourth-order valence-electron chi connectivity index (χ4n) is 3.95. The lowest BCUT2D eigenvalue weighted by Crippen LogP contribution is -2.52. The summed E-state index contributed by atoms with van der Waals surface area (Å²) in [7, 11) is 1.68. The van der Waals surface area contributed by atoms with Crippen LogP contribution in [0.5, 0.6) is 5.75 Å². The van der Waals surface area contributed by atoms with Crippen molar-refractivity contribution < 1.29 is 14.3 Å². The number of benzene rings is 1. The maximum Gasteiger partial charge on any atom is 0.222 e. The Labute approximate surface area is 143 Å². The lowest BCUT2D eigenvalue weighted by atomic mass is 9.76. The first-order valence-corrected chi connectivity index (χ1v) is 8.83. The number of fused-ring (bicyclic) bond motifs is 1. The Morgan fingerprint density at radius 1 is 1.29 bits per heavy atom. The number of hydrogen-bond donors (Lipinski definition) is 1. The second-order valence-corrected chi connectivity index (χ2v) is 6.84. The normalized spacial score (nSPS) is 21.8. The fraction of sp³-hybridized carbons (Fsp3) is 0.579. The van der Waals surface area contributed by atoms with Gasteiger partial charge < -0.3 is 15.0 Å². The number of piperidine rings is 1. The number of amides is 2. The first-order valence-electron chi connectivity index (χ1n) is 8.83. The van der Waals surface area contributed by atoms with Gasteiger partial charge in [-0.1, -0.05) is 25.1 Å². The zero-order chi connectivity index (χ0) is 17.2. The first kappa shape index (κ1) is 16.8. The van der Waals surface area contributed by atoms with Crippen LogP contribution in [0.25, 0.3) is 0 Å². The molecule has 1 unspecified atom stereocenters. The van der Waals surface area contributed by atoms with Gasteiger partial charge in [-0.3, -0.25) is 9.59 Å². The SMILES string of the molecule is CCC(=O)N1CCC2(CC1)CC(CC(=O)NC)c1ccccc1O2. The minimum Gasteiger partial charge on any atom is -0.487 e. The average Bonchev–Trinajstić information content (AvgIpc) is 2.61. The van der Waals surface area contributed by atoms with Crippen molar-refractivity contribution in [2.24, 2.45) is 0 Å². The molecule has 1 fully saturated rings. The zero-order valence-electron chi connectivity index (χ0n) is 14.5. The standard InChI is InChI=1S/C19H26N2O3/c1-3-18(23)21-10-8-19(9-11-21)13-14(12-17(22)20-2)15-6-4-5-7-16(15)24-19/h4-7,14H,3,8-13H2,1-2H3,(H,20,22). The van der Waals surface area contributed by atoms with Crippen LogP contribution in [-0.2, 0) is 9.59 Å². The molecule has 24 heavy (non-hydrogen) atoms. The summed E-state index contributed by atoms with van der Waals surface area (Å²) in [5, 5.41) is 2.73. The molecule has 1 atom stereocenters. The summed E-state index contributed by atoms with van der Waals surface area (Å²) in [6.45, 7) is 3.38. The van der Waals surface area contributed by atoms with Crippen molar-refractivity contribution in [2.75, 3.05) is 20.1 Å². The highest BCUT2D eigenvalue weighted by atomic mass is 16.5. The van der Waals surface area contributed by atoms with Crippen LogP contribution in [0.4, 0.5) is 0 Å². The van der Waals surface area contributed by atoms with Crippen molar-refractivity contribution in [3.05, 3.63) is 29.8 Å². The van der Waals surface area contributed by atoms with E-state index in [2.05, 4.69) is 11.4 Å². The van der Waals surface area contributed by atoms with Gasteiger partial charge in [-0.15, -0.1) is 0 Å². The number of likely N-dealkylation sites (tertiary alicyclic amines) is 1. The van der Waals surface area contributed by atoms with Gasteiger partial charge in [0.25, 0.3) is 0 Å². The van der Waals surface area contributed by atoms with E-state index in [-0.39, 0.29) is 23.3 Å². The summed E-state index contributed by atoms with van der Waals surface area (Å²) in [6.07, 6.45) is 3.53. The van der Waals surface area contributed by atoms with Gasteiger partial charge >= 0.3 is 0 Å². The molecule has 2 heterocycles. The summed E-state index contributed by atoms with van der Waals surface area (Å²) in [4.78, 5) is 25.8. The third kappa shape index (κ3) is 3.25. The molecule has 0 bridgehead atoms. The molecule has 2 aliphatic rings. The molecule has 2 amide bonds. The number of ether oxygens (including phenoxy) is 1. The molecule has 1 spiro atoms. The third-order valence-corrected chi connectivity index (χ3v) is 5.34. The Hall–Kier alpha value is -2.04. The summed E-state index contributed by atoms with van der Waals surface area (Å²) < 4.78 is 6.40. The molecule has 130 valence electrons. The van der Waals surface area contributed by atoms with Gasteiger partial charge in [-0.25, -0.2) is 0 Å². The quantitative estimate of drug-likeness (QED) is 0.926. The maximum absolute atomic E-state index is 11.9. The molecular weight excluding hydrogens is 304 g/mol. The van der Waals surface area contributed by atoms with Crippen molar-refractivity contribution in [3.63, 3.8) is 0 Å². The third-order valence-electron chi connectivity index (χ3n) is 5.34. The molecule has 1 saturated heterocycles. The largest absolute Gasteiger partial charge is 0.487 e. The predicted molar refractivity (Wildman–Crippen MR) is 91.9 cm³/mol. The van der Waals surface area contributed by atoms with Crippen LogP contribution in [0, 0.1) is 0 Å². The summed E-state index contributed by atoms with van der Waals surface area (Å²) >= 11 is 0. The van der Waals surface area contributed by atoms with Crippen molar-refractivity contribution in [1.82, 2.24) is 10.2 Å². The van der Waals surface area contributed by atoms with Gasteiger partial charge in [0.15, 0.2) is 0 Å². The molecule has 1 aromatic carbocycles. The Bertz CT molecular complexity index is 621. The molecule has 0 aliphatic carbocycles. The van der Waals surface area contributed by atoms with E-state index in [1.165, 1.54) is 0 Å². The summed E-state index contributed by atoms with van der Waals surface area (Å²) in [5.74, 6) is 1.34. The van der Waals surface area contributed by atoms with Crippen LogP contribution in [0.15, 0.2) is 24.3 Å². The molecule has 2 aliphatic heterocycles. The van der Waals surface area contributed by atoms with Crippen molar-refractivity contribution in [1.29, 1.82) is 0 Å². The number of nitrogens with one attached hydrogen (secondary N) is 1. The number of para-hydroxylation sites is 1. The van der Waals surface area contributed by atoms with E-state index in [9.17, 15) is 9.59 Å². The first-order chi connectivity index (χ1) is 11.6. The van der Waals surface area contributed by atoms with E-state index in [1.54, 1.807) is 7.05 Å². The van der Waals surface area contributed by atoms with E-state index in [4.69, 9.17) is 4.74 Å². The summed E-state index contributed by atoms with van der Waals surface area (Å²) in [5.41, 5.74) is 0.871. The second-order valence-electron chi connectivity index (χ2n) is 6.84. The number of hydrogen-bond acceptors (Lipinski definition) is 3. The molecule has 5 heteroatoms. The molecule has 0 saturated carbocycles. The second kappa shape index (κ2) is 6.83. The Balaban J connectivity index is 1.79. The minimum absolute atomic E-state index is 0.0606. The van der Waals surface area contributed by atoms with Crippen LogP contribution >= 0.6 is 0 Å². The molecule has 0 radical (unpaired) electrons. The van der Waals surface area contributed by atoms with E-state index in [0.717, 1.165) is 43.7 Å². The van der Waals surface area contributed by atoms with Gasteiger partial charge in [-0.05, 0) is 18.1 Å². The van der Waals surface area contributed by atoms with Gasteiger partial charge in [-0.2, -0.15) is 0 Å². The highest BCUT2D eigenvalue weighted by Gasteiger charge is 2.44. The smallest absolute Gasteiger partial charge is 0.222 e. The number of carbonyl (C=O) groups excluding carboxylic acids is 2. The van der Waals surface area contributed by atoms with E-state index >= 15 is 0 Å². The minimum atomic E-state index is -0.252. The topological polar surface area (TPSA) is 58.6 Å². The van der Waals surface area contributed by atoms with Gasteiger partial charge in [0.2, 0.25) is 11.8 Å². The lowest BCUT2D eigenvalue weighted by Gasteiger charge is -2.47. The average molecular weight is 330 g/mol. The molecule has 1 N–H and O–H groups in total. The van der Waals surface area contributed by atoms with Crippen molar-refractivity contribution in [2.45, 2.75) is 50.5 Å². The van der Waals surface area contributed by atoms with E-state index in [1.807, 2.05) is 30.0 Å². The highest BCUT2D eigenvalue weighted by Crippen LogP contribution is 2.46. The van der Waals surface area contributed by atoms with Crippen LogP contribution in [-0.4, -0.2) is 42.5 Å². The molecular formula is C19H26N2O3. The van der Waals surface area contributed by atoms with E-state index < -0.39 is 0 Å². The van der Waals surface area contributed by atoms with Crippen LogP contribution in [0.1, 0.15) is 50.5 Å². The number of nitrogens with zero attached hydrogens (tertiary/aromatic N) is 1. The molecule has 3 rings (SSSR count). The number of carbonyl (C=O) groups is 2. The van der Waals surface area contributed by atoms with Gasteiger partial charge in [0.05, 0.1) is 0 Å². The van der Waals surface area contributed by atoms with Crippen LogP contribution in [0.2, 0.25) is 0 Å². The Morgan fingerprint density at radius 3 is 2.67 bits per heavy atom. The Morgan fingerprint density at radius 2 is 2.00 bits per heavy atom. The van der Waals surface area contributed by atoms with Crippen LogP contribution < -0.4 is 10.1 Å². The lowest BCUT2D eigenvalue weighted by molar-refractivity contribution is -0.135. The molecule has 5 nitrogen and oxygen atoms in total. The highest BCUT2D eigenvalue weighted by molar-refractivity contribution is 5.77. The Kier molecular flexibility index (Phi) is 4.78. The maximum atomic E-state index is 11.9. The zero-order valence-corrected chi connectivity index (χ0v) is 14.5. The van der Waals surface area contributed by atoms with Crippen molar-refractivity contribution in [3.8, 4) is 5.75 Å². The summed E-state index contributed by atoms with van der Waals surface area (Å²) in [6, 6.07) is 8.03. The van der Waals surface area contributed by atoms with Gasteiger partial charge in [0, 0.05) is 51.7 Å². The predicted octanol–water partition coefficient (Wildman–Crippen LogP) is 2.46. The number of rotatable bonds is 3. The molecule has 1 aromatic rings. The monoisotopic (exact) mass is 330 g/mol. The van der Waals surface area contributed by atoms with Crippen molar-refractivity contribution >= 4 is 11.8 Å². The van der Waals surface area contributed by atoms with Crippen LogP contribution in [0.3, 0.4) is 0 Å². The fourth-order valence-corrected chi connectivity index (χ4v) is 3.95. The molecule has 0 aromatic heterocycles.